The highest BCUT2D eigenvalue weighted by atomic mass is 19.4. The molecule has 7 nitrogen and oxygen atoms in total. The molecule has 30 heavy (non-hydrogen) atoms. The lowest BCUT2D eigenvalue weighted by molar-refractivity contribution is -0.140. The average molecular weight is 427 g/mol. The van der Waals surface area contributed by atoms with Gasteiger partial charge in [0.15, 0.2) is 0 Å². The fraction of sp³-hybridized carbons (Fsp3) is 0.600. The Morgan fingerprint density at radius 3 is 2.57 bits per heavy atom. The molecular formula is C20H24F3N3O4. The third-order valence-electron chi connectivity index (χ3n) is 5.94. The van der Waals surface area contributed by atoms with Crippen LogP contribution in [0.4, 0.5) is 18.0 Å². The number of rotatable bonds is 3. The van der Waals surface area contributed by atoms with Crippen molar-refractivity contribution in [2.75, 3.05) is 32.8 Å². The maximum absolute atomic E-state index is 12.7. The number of nitrogens with zero attached hydrogens (tertiary/aromatic N) is 2. The van der Waals surface area contributed by atoms with Crippen LogP contribution in [0.3, 0.4) is 0 Å². The third kappa shape index (κ3) is 4.33. The molecule has 1 N–H and O–H groups in total. The summed E-state index contributed by atoms with van der Waals surface area (Å²) >= 11 is 0. The summed E-state index contributed by atoms with van der Waals surface area (Å²) in [5.74, 6) is 0.311. The minimum absolute atomic E-state index is 0.0481. The van der Waals surface area contributed by atoms with Crippen molar-refractivity contribution >= 4 is 11.9 Å². The van der Waals surface area contributed by atoms with Gasteiger partial charge in [-0.05, 0) is 37.6 Å². The van der Waals surface area contributed by atoms with Crippen molar-refractivity contribution in [3.63, 3.8) is 0 Å². The van der Waals surface area contributed by atoms with Crippen molar-refractivity contribution in [1.29, 1.82) is 0 Å². The van der Waals surface area contributed by atoms with Crippen LogP contribution in [0.2, 0.25) is 0 Å². The first kappa shape index (κ1) is 20.8. The summed E-state index contributed by atoms with van der Waals surface area (Å²) < 4.78 is 49.2. The minimum Gasteiger partial charge on any atom is -0.490 e. The number of ether oxygens (including phenoxy) is 2. The molecule has 164 valence electrons. The summed E-state index contributed by atoms with van der Waals surface area (Å²) in [5, 5.41) is 2.88. The lowest BCUT2D eigenvalue weighted by atomic mass is 9.94. The van der Waals surface area contributed by atoms with Gasteiger partial charge in [-0.3, -0.25) is 4.79 Å². The van der Waals surface area contributed by atoms with Crippen LogP contribution in [0.1, 0.15) is 18.9 Å². The molecule has 0 saturated carbocycles. The van der Waals surface area contributed by atoms with Gasteiger partial charge in [0.1, 0.15) is 18.5 Å². The molecule has 0 bridgehead atoms. The summed E-state index contributed by atoms with van der Waals surface area (Å²) in [7, 11) is 0. The van der Waals surface area contributed by atoms with Crippen molar-refractivity contribution in [3.8, 4) is 5.75 Å². The molecule has 4 rings (SSSR count). The zero-order valence-corrected chi connectivity index (χ0v) is 16.5. The number of morpholine rings is 1. The number of hydrogen-bond donors (Lipinski definition) is 1. The highest BCUT2D eigenvalue weighted by Crippen LogP contribution is 2.31. The summed E-state index contributed by atoms with van der Waals surface area (Å²) in [6.45, 7) is 3.97. The first-order valence-corrected chi connectivity index (χ1v) is 9.99. The van der Waals surface area contributed by atoms with E-state index in [0.29, 0.717) is 38.3 Å². The van der Waals surface area contributed by atoms with Crippen LogP contribution in [-0.4, -0.2) is 72.8 Å². The second-order valence-corrected chi connectivity index (χ2v) is 8.05. The molecule has 3 amide bonds. The van der Waals surface area contributed by atoms with E-state index in [2.05, 4.69) is 5.32 Å². The molecule has 0 aromatic heterocycles. The van der Waals surface area contributed by atoms with Crippen molar-refractivity contribution < 1.29 is 32.2 Å². The number of halogens is 3. The number of hydrogen-bond acceptors (Lipinski definition) is 4. The molecule has 1 aromatic carbocycles. The predicted molar refractivity (Wildman–Crippen MR) is 99.9 cm³/mol. The standard InChI is InChI=1S/C20H24F3N3O4/c1-12(30-15-4-2-14(3-5-15)20(21,22)23)13-8-26(9-13)19(28)25-7-6-17-16(10-25)24-18(27)11-29-17/h2-5,12-13,16-17H,6-11H2,1H3,(H,24,27). The first-order valence-electron chi connectivity index (χ1n) is 9.99. The van der Waals surface area contributed by atoms with Crippen LogP contribution in [0.15, 0.2) is 24.3 Å². The quantitative estimate of drug-likeness (QED) is 0.802. The van der Waals surface area contributed by atoms with Crippen molar-refractivity contribution in [2.24, 2.45) is 5.92 Å². The number of carbonyl (C=O) groups is 2. The number of urea groups is 1. The van der Waals surface area contributed by atoms with Gasteiger partial charge >= 0.3 is 12.2 Å². The van der Waals surface area contributed by atoms with E-state index >= 15 is 0 Å². The number of benzene rings is 1. The molecule has 3 fully saturated rings. The number of carbonyl (C=O) groups excluding carboxylic acids is 2. The Balaban J connectivity index is 1.25. The van der Waals surface area contributed by atoms with Gasteiger partial charge in [0.2, 0.25) is 5.91 Å². The Labute approximate surface area is 172 Å². The molecule has 3 aliphatic rings. The topological polar surface area (TPSA) is 71.1 Å². The number of alkyl halides is 3. The number of piperidine rings is 1. The molecular weight excluding hydrogens is 403 g/mol. The summed E-state index contributed by atoms with van der Waals surface area (Å²) in [4.78, 5) is 27.7. The van der Waals surface area contributed by atoms with E-state index in [9.17, 15) is 22.8 Å². The fourth-order valence-electron chi connectivity index (χ4n) is 4.07. The summed E-state index contributed by atoms with van der Waals surface area (Å²) in [6, 6.07) is 4.36. The van der Waals surface area contributed by atoms with Crippen LogP contribution < -0.4 is 10.1 Å². The van der Waals surface area contributed by atoms with Crippen LogP contribution in [0.5, 0.6) is 5.75 Å². The average Bonchev–Trinajstić information content (AvgIpc) is 2.65. The molecule has 10 heteroatoms. The van der Waals surface area contributed by atoms with Gasteiger partial charge < -0.3 is 24.6 Å². The van der Waals surface area contributed by atoms with E-state index in [0.717, 1.165) is 12.1 Å². The molecule has 3 heterocycles. The molecule has 3 aliphatic heterocycles. The van der Waals surface area contributed by atoms with Crippen molar-refractivity contribution in [2.45, 2.75) is 37.8 Å². The molecule has 3 saturated heterocycles. The maximum atomic E-state index is 12.7. The van der Waals surface area contributed by atoms with Gasteiger partial charge in [-0.2, -0.15) is 13.2 Å². The second-order valence-electron chi connectivity index (χ2n) is 8.05. The van der Waals surface area contributed by atoms with E-state index < -0.39 is 11.7 Å². The van der Waals surface area contributed by atoms with Crippen molar-refractivity contribution in [3.05, 3.63) is 29.8 Å². The predicted octanol–water partition coefficient (Wildman–Crippen LogP) is 2.11. The minimum atomic E-state index is -4.37. The van der Waals surface area contributed by atoms with E-state index in [4.69, 9.17) is 9.47 Å². The maximum Gasteiger partial charge on any atom is 0.416 e. The van der Waals surface area contributed by atoms with Crippen molar-refractivity contribution in [1.82, 2.24) is 15.1 Å². The number of nitrogens with one attached hydrogen (secondary N) is 1. The summed E-state index contributed by atoms with van der Waals surface area (Å²) in [5.41, 5.74) is -0.716. The third-order valence-corrected chi connectivity index (χ3v) is 5.94. The lowest BCUT2D eigenvalue weighted by Gasteiger charge is -2.47. The Hall–Kier alpha value is -2.49. The van der Waals surface area contributed by atoms with Crippen LogP contribution in [-0.2, 0) is 15.7 Å². The number of likely N-dealkylation sites (tertiary alicyclic amines) is 2. The zero-order valence-electron chi connectivity index (χ0n) is 16.5. The van der Waals surface area contributed by atoms with Crippen LogP contribution in [0, 0.1) is 5.92 Å². The van der Waals surface area contributed by atoms with Gasteiger partial charge in [0.05, 0.1) is 17.7 Å². The highest BCUT2D eigenvalue weighted by molar-refractivity contribution is 5.79. The normalized spacial score (nSPS) is 25.8. The largest absolute Gasteiger partial charge is 0.490 e. The zero-order chi connectivity index (χ0) is 21.5. The molecule has 3 atom stereocenters. The number of fused-ring (bicyclic) bond motifs is 1. The molecule has 0 spiro atoms. The molecule has 0 aliphatic carbocycles. The van der Waals surface area contributed by atoms with Crippen LogP contribution in [0.25, 0.3) is 0 Å². The van der Waals surface area contributed by atoms with E-state index in [1.165, 1.54) is 12.1 Å². The van der Waals surface area contributed by atoms with Gasteiger partial charge in [-0.15, -0.1) is 0 Å². The Morgan fingerprint density at radius 1 is 1.20 bits per heavy atom. The van der Waals surface area contributed by atoms with E-state index in [1.807, 2.05) is 6.92 Å². The number of amides is 3. The molecule has 3 unspecified atom stereocenters. The SMILES string of the molecule is CC(Oc1ccc(C(F)(F)F)cc1)C1CN(C(=O)N2CCC3OCC(=O)NC3C2)C1. The monoisotopic (exact) mass is 427 g/mol. The highest BCUT2D eigenvalue weighted by Gasteiger charge is 2.41. The molecule has 0 radical (unpaired) electrons. The van der Waals surface area contributed by atoms with Crippen LogP contribution >= 0.6 is 0 Å². The van der Waals surface area contributed by atoms with Gasteiger partial charge in [0.25, 0.3) is 0 Å². The van der Waals surface area contributed by atoms with Gasteiger partial charge in [-0.25, -0.2) is 4.79 Å². The smallest absolute Gasteiger partial charge is 0.416 e. The second kappa shape index (κ2) is 7.98. The summed E-state index contributed by atoms with van der Waals surface area (Å²) in [6.07, 6.45) is -3.97. The lowest BCUT2D eigenvalue weighted by Crippen LogP contribution is -2.64. The van der Waals surface area contributed by atoms with E-state index in [1.54, 1.807) is 9.80 Å². The Kier molecular flexibility index (Phi) is 5.52. The fourth-order valence-corrected chi connectivity index (χ4v) is 4.07. The first-order chi connectivity index (χ1) is 14.2. The molecule has 1 aromatic rings. The van der Waals surface area contributed by atoms with Gasteiger partial charge in [0, 0.05) is 32.1 Å². The van der Waals surface area contributed by atoms with Gasteiger partial charge in [-0.1, -0.05) is 0 Å². The Morgan fingerprint density at radius 2 is 1.90 bits per heavy atom. The Bertz CT molecular complexity index is 795. The van der Waals surface area contributed by atoms with E-state index in [-0.39, 0.29) is 42.7 Å².